The number of hydrogen-bond donors (Lipinski definition) is 0. The number of nitriles is 1. The highest BCUT2D eigenvalue weighted by atomic mass is 32.1. The van der Waals surface area contributed by atoms with Crippen LogP contribution in [-0.4, -0.2) is 42.9 Å². The second-order valence-electron chi connectivity index (χ2n) is 3.98. The van der Waals surface area contributed by atoms with Gasteiger partial charge in [0.15, 0.2) is 0 Å². The fourth-order valence-electron chi connectivity index (χ4n) is 1.42. The largest absolute Gasteiger partial charge is 0.344 e. The van der Waals surface area contributed by atoms with E-state index in [1.165, 1.54) is 4.88 Å². The summed E-state index contributed by atoms with van der Waals surface area (Å²) in [5.41, 5.74) is 0. The van der Waals surface area contributed by atoms with Gasteiger partial charge in [0.05, 0.1) is 19.0 Å². The van der Waals surface area contributed by atoms with Crippen LogP contribution in [0.1, 0.15) is 11.3 Å². The van der Waals surface area contributed by atoms with Crippen LogP contribution in [0.5, 0.6) is 0 Å². The van der Waals surface area contributed by atoms with Crippen molar-refractivity contribution >= 4 is 17.2 Å². The summed E-state index contributed by atoms with van der Waals surface area (Å²) in [7, 11) is 3.66. The maximum atomic E-state index is 11.8. The van der Waals surface area contributed by atoms with E-state index < -0.39 is 0 Å². The first kappa shape index (κ1) is 13.7. The van der Waals surface area contributed by atoms with Gasteiger partial charge in [-0.2, -0.15) is 5.26 Å². The van der Waals surface area contributed by atoms with Crippen LogP contribution in [-0.2, 0) is 11.3 Å². The van der Waals surface area contributed by atoms with E-state index in [1.54, 1.807) is 23.3 Å². The molecule has 92 valence electrons. The molecule has 0 spiro atoms. The molecule has 1 amide bonds. The molecule has 0 bridgehead atoms. The summed E-state index contributed by atoms with van der Waals surface area (Å²) in [4.78, 5) is 16.6. The molecule has 0 aliphatic rings. The molecule has 0 saturated heterocycles. The van der Waals surface area contributed by atoms with Crippen molar-refractivity contribution in [1.29, 1.82) is 5.26 Å². The number of carbonyl (C=O) groups excluding carboxylic acids is 1. The van der Waals surface area contributed by atoms with E-state index in [1.807, 2.05) is 29.5 Å². The Kier molecular flexibility index (Phi) is 5.67. The number of likely N-dealkylation sites (N-methyl/N-ethyl adjacent to an activating group) is 2. The van der Waals surface area contributed by atoms with Crippen molar-refractivity contribution in [3.63, 3.8) is 0 Å². The van der Waals surface area contributed by atoms with Crippen molar-refractivity contribution in [2.45, 2.75) is 13.0 Å². The number of carbonyl (C=O) groups is 1. The van der Waals surface area contributed by atoms with Gasteiger partial charge in [-0.15, -0.1) is 11.3 Å². The molecular formula is C12H17N3OS. The molecule has 0 atom stereocenters. The van der Waals surface area contributed by atoms with Crippen LogP contribution < -0.4 is 0 Å². The molecule has 0 N–H and O–H groups in total. The molecule has 1 rings (SSSR count). The minimum atomic E-state index is 0.0549. The third-order valence-corrected chi connectivity index (χ3v) is 3.26. The Morgan fingerprint density at radius 2 is 2.29 bits per heavy atom. The summed E-state index contributed by atoms with van der Waals surface area (Å²) >= 11 is 1.69. The summed E-state index contributed by atoms with van der Waals surface area (Å²) in [6, 6.07) is 6.11. The molecule has 0 unspecified atom stereocenters. The van der Waals surface area contributed by atoms with E-state index in [-0.39, 0.29) is 5.91 Å². The molecule has 0 saturated carbocycles. The van der Waals surface area contributed by atoms with E-state index >= 15 is 0 Å². The van der Waals surface area contributed by atoms with Crippen LogP contribution in [0.2, 0.25) is 0 Å². The summed E-state index contributed by atoms with van der Waals surface area (Å²) in [6.45, 7) is 1.68. The summed E-state index contributed by atoms with van der Waals surface area (Å²) < 4.78 is 0. The molecule has 17 heavy (non-hydrogen) atoms. The number of hydrogen-bond acceptors (Lipinski definition) is 4. The van der Waals surface area contributed by atoms with E-state index in [2.05, 4.69) is 6.07 Å². The van der Waals surface area contributed by atoms with Crippen molar-refractivity contribution in [2.24, 2.45) is 0 Å². The highest BCUT2D eigenvalue weighted by Gasteiger charge is 2.11. The van der Waals surface area contributed by atoms with Crippen molar-refractivity contribution < 1.29 is 4.79 Å². The van der Waals surface area contributed by atoms with Gasteiger partial charge in [0.1, 0.15) is 0 Å². The minimum absolute atomic E-state index is 0.0549. The lowest BCUT2D eigenvalue weighted by molar-refractivity contribution is -0.130. The number of thiophene rings is 1. The van der Waals surface area contributed by atoms with E-state index in [4.69, 9.17) is 5.26 Å². The molecule has 1 aromatic rings. The highest BCUT2D eigenvalue weighted by Crippen LogP contribution is 2.10. The maximum absolute atomic E-state index is 11.8. The predicted molar refractivity (Wildman–Crippen MR) is 68.5 cm³/mol. The zero-order valence-electron chi connectivity index (χ0n) is 10.2. The maximum Gasteiger partial charge on any atom is 0.236 e. The van der Waals surface area contributed by atoms with Gasteiger partial charge in [0.25, 0.3) is 0 Å². The summed E-state index contributed by atoms with van der Waals surface area (Å²) in [6.07, 6.45) is 0.386. The normalized spacial score (nSPS) is 10.2. The van der Waals surface area contributed by atoms with Crippen LogP contribution in [0, 0.1) is 11.3 Å². The quantitative estimate of drug-likeness (QED) is 0.770. The van der Waals surface area contributed by atoms with E-state index in [0.717, 1.165) is 6.54 Å². The highest BCUT2D eigenvalue weighted by molar-refractivity contribution is 7.09. The van der Waals surface area contributed by atoms with Gasteiger partial charge in [-0.25, -0.2) is 0 Å². The Bertz CT molecular complexity index is 383. The Morgan fingerprint density at radius 1 is 1.53 bits per heavy atom. The Balaban J connectivity index is 2.33. The SMILES string of the molecule is CN(CC(=O)N(C)CCC#N)Cc1cccs1. The lowest BCUT2D eigenvalue weighted by Gasteiger charge is -2.20. The van der Waals surface area contributed by atoms with Crippen molar-refractivity contribution in [3.8, 4) is 6.07 Å². The fraction of sp³-hybridized carbons (Fsp3) is 0.500. The molecule has 0 aromatic carbocycles. The van der Waals surface area contributed by atoms with Crippen molar-refractivity contribution in [3.05, 3.63) is 22.4 Å². The van der Waals surface area contributed by atoms with E-state index in [9.17, 15) is 4.79 Å². The zero-order valence-corrected chi connectivity index (χ0v) is 11.0. The third kappa shape index (κ3) is 4.98. The Morgan fingerprint density at radius 3 is 2.88 bits per heavy atom. The smallest absolute Gasteiger partial charge is 0.236 e. The predicted octanol–water partition coefficient (Wildman–Crippen LogP) is 1.55. The molecule has 0 fully saturated rings. The van der Waals surface area contributed by atoms with Gasteiger partial charge in [0.2, 0.25) is 5.91 Å². The zero-order chi connectivity index (χ0) is 12.7. The molecule has 5 heteroatoms. The van der Waals surface area contributed by atoms with Gasteiger partial charge < -0.3 is 4.90 Å². The second-order valence-corrected chi connectivity index (χ2v) is 5.01. The van der Waals surface area contributed by atoms with Gasteiger partial charge in [0, 0.05) is 25.0 Å². The molecular weight excluding hydrogens is 234 g/mol. The topological polar surface area (TPSA) is 47.3 Å². The average Bonchev–Trinajstić information content (AvgIpc) is 2.78. The average molecular weight is 251 g/mol. The monoisotopic (exact) mass is 251 g/mol. The van der Waals surface area contributed by atoms with Gasteiger partial charge in [-0.1, -0.05) is 6.07 Å². The molecule has 0 aliphatic heterocycles. The lowest BCUT2D eigenvalue weighted by atomic mass is 10.4. The van der Waals surface area contributed by atoms with Crippen LogP contribution in [0.4, 0.5) is 0 Å². The summed E-state index contributed by atoms with van der Waals surface area (Å²) in [5, 5.41) is 10.5. The first-order valence-corrected chi connectivity index (χ1v) is 6.33. The van der Waals surface area contributed by atoms with E-state index in [0.29, 0.717) is 19.5 Å². The lowest BCUT2D eigenvalue weighted by Crippen LogP contribution is -2.36. The molecule has 0 radical (unpaired) electrons. The second kappa shape index (κ2) is 7.05. The first-order valence-electron chi connectivity index (χ1n) is 5.45. The standard InChI is InChI=1S/C12H17N3OS/c1-14(9-11-5-3-8-17-11)10-12(16)15(2)7-4-6-13/h3,5,8H,4,7,9-10H2,1-2H3. The van der Waals surface area contributed by atoms with Crippen LogP contribution in [0.25, 0.3) is 0 Å². The minimum Gasteiger partial charge on any atom is -0.344 e. The number of amides is 1. The van der Waals surface area contributed by atoms with Crippen LogP contribution >= 0.6 is 11.3 Å². The van der Waals surface area contributed by atoms with Gasteiger partial charge in [-0.3, -0.25) is 9.69 Å². The van der Waals surface area contributed by atoms with Crippen molar-refractivity contribution in [2.75, 3.05) is 27.2 Å². The van der Waals surface area contributed by atoms with Crippen molar-refractivity contribution in [1.82, 2.24) is 9.80 Å². The third-order valence-electron chi connectivity index (χ3n) is 2.40. The fourth-order valence-corrected chi connectivity index (χ4v) is 2.20. The summed E-state index contributed by atoms with van der Waals surface area (Å²) in [5.74, 6) is 0.0549. The number of rotatable bonds is 6. The molecule has 1 aromatic heterocycles. The molecule has 1 heterocycles. The van der Waals surface area contributed by atoms with Crippen LogP contribution in [0.15, 0.2) is 17.5 Å². The Hall–Kier alpha value is -1.38. The Labute approximate surface area is 106 Å². The van der Waals surface area contributed by atoms with Gasteiger partial charge in [-0.05, 0) is 18.5 Å². The number of nitrogens with zero attached hydrogens (tertiary/aromatic N) is 3. The first-order chi connectivity index (χ1) is 8.13. The molecule has 0 aliphatic carbocycles. The van der Waals surface area contributed by atoms with Crippen LogP contribution in [0.3, 0.4) is 0 Å². The molecule has 4 nitrogen and oxygen atoms in total. The van der Waals surface area contributed by atoms with Gasteiger partial charge >= 0.3 is 0 Å².